The topological polar surface area (TPSA) is 111 Å². The van der Waals surface area contributed by atoms with Gasteiger partial charge >= 0.3 is 0 Å². The first-order chi connectivity index (χ1) is 12.4. The number of hydrogen-bond donors (Lipinski definition) is 1. The fraction of sp³-hybridized carbons (Fsp3) is 0.118. The monoisotopic (exact) mass is 373 g/mol. The van der Waals surface area contributed by atoms with Crippen molar-refractivity contribution in [1.82, 2.24) is 14.9 Å². The average molecular weight is 373 g/mol. The Morgan fingerprint density at radius 2 is 1.88 bits per heavy atom. The van der Waals surface area contributed by atoms with E-state index in [-0.39, 0.29) is 10.5 Å². The fourth-order valence-corrected chi connectivity index (χ4v) is 3.20. The second-order valence-electron chi connectivity index (χ2n) is 5.33. The highest BCUT2D eigenvalue weighted by Gasteiger charge is 2.19. The minimum absolute atomic E-state index is 0.0657. The number of amides is 1. The number of nitrogens with one attached hydrogen (secondary N) is 1. The van der Waals surface area contributed by atoms with Crippen LogP contribution in [0.5, 0.6) is 5.75 Å². The van der Waals surface area contributed by atoms with E-state index in [0.717, 1.165) is 0 Å². The van der Waals surface area contributed by atoms with E-state index in [2.05, 4.69) is 10.1 Å². The largest absolute Gasteiger partial charge is 0.497 e. The van der Waals surface area contributed by atoms with Gasteiger partial charge in [-0.2, -0.15) is 4.98 Å². The number of carbonyl (C=O) groups is 1. The number of aromatic nitrogens is 2. The third-order valence-corrected chi connectivity index (χ3v) is 4.84. The lowest BCUT2D eigenvalue weighted by atomic mass is 10.1. The second kappa shape index (κ2) is 6.96. The van der Waals surface area contributed by atoms with Crippen LogP contribution < -0.4 is 9.46 Å². The van der Waals surface area contributed by atoms with Gasteiger partial charge in [0.1, 0.15) is 5.75 Å². The first-order valence-corrected chi connectivity index (χ1v) is 8.99. The molecule has 0 spiro atoms. The zero-order valence-electron chi connectivity index (χ0n) is 14.0. The standard InChI is InChI=1S/C17H15N3O5S/c1-11-18-16(19-25-11)12-6-8-13(9-7-12)17(21)20-26(22,23)15-5-3-4-14(10-15)24-2/h3-10H,1-2H3,(H,20,21). The second-order valence-corrected chi connectivity index (χ2v) is 7.01. The van der Waals surface area contributed by atoms with E-state index in [1.807, 2.05) is 4.72 Å². The SMILES string of the molecule is COc1cccc(S(=O)(=O)NC(=O)c2ccc(-c3noc(C)n3)cc2)c1. The molecule has 134 valence electrons. The summed E-state index contributed by atoms with van der Waals surface area (Å²) in [7, 11) is -2.59. The molecule has 9 heteroatoms. The van der Waals surface area contributed by atoms with Crippen molar-refractivity contribution in [3.05, 3.63) is 60.0 Å². The van der Waals surface area contributed by atoms with Crippen molar-refractivity contribution < 1.29 is 22.5 Å². The van der Waals surface area contributed by atoms with Crippen LogP contribution in [0.15, 0.2) is 57.9 Å². The molecular weight excluding hydrogens is 358 g/mol. The van der Waals surface area contributed by atoms with E-state index in [1.165, 1.54) is 37.4 Å². The van der Waals surface area contributed by atoms with Gasteiger partial charge in [-0.3, -0.25) is 4.79 Å². The molecule has 1 aromatic heterocycles. The van der Waals surface area contributed by atoms with Crippen LogP contribution in [0.1, 0.15) is 16.2 Å². The summed E-state index contributed by atoms with van der Waals surface area (Å²) in [4.78, 5) is 16.3. The maximum Gasteiger partial charge on any atom is 0.264 e. The Kier molecular flexibility index (Phi) is 4.72. The molecule has 0 bridgehead atoms. The smallest absolute Gasteiger partial charge is 0.264 e. The van der Waals surface area contributed by atoms with Crippen molar-refractivity contribution in [3.8, 4) is 17.1 Å². The lowest BCUT2D eigenvalue weighted by molar-refractivity contribution is 0.0981. The van der Waals surface area contributed by atoms with Gasteiger partial charge in [0.25, 0.3) is 15.9 Å². The van der Waals surface area contributed by atoms with Crippen LogP contribution in [0.3, 0.4) is 0 Å². The molecule has 3 aromatic rings. The molecule has 0 aliphatic heterocycles. The molecule has 0 radical (unpaired) electrons. The van der Waals surface area contributed by atoms with E-state index < -0.39 is 15.9 Å². The van der Waals surface area contributed by atoms with Crippen LogP contribution in [0, 0.1) is 6.92 Å². The molecule has 1 amide bonds. The molecule has 1 N–H and O–H groups in total. The third-order valence-electron chi connectivity index (χ3n) is 3.51. The first kappa shape index (κ1) is 17.6. The lowest BCUT2D eigenvalue weighted by Crippen LogP contribution is -2.30. The summed E-state index contributed by atoms with van der Waals surface area (Å²) >= 11 is 0. The first-order valence-electron chi connectivity index (χ1n) is 7.51. The highest BCUT2D eigenvalue weighted by atomic mass is 32.2. The van der Waals surface area contributed by atoms with Gasteiger partial charge < -0.3 is 9.26 Å². The van der Waals surface area contributed by atoms with Crippen molar-refractivity contribution in [2.24, 2.45) is 0 Å². The Morgan fingerprint density at radius 1 is 1.15 bits per heavy atom. The van der Waals surface area contributed by atoms with Gasteiger partial charge in [0.05, 0.1) is 12.0 Å². The summed E-state index contributed by atoms with van der Waals surface area (Å²) in [5.41, 5.74) is 0.828. The van der Waals surface area contributed by atoms with Crippen LogP contribution >= 0.6 is 0 Å². The van der Waals surface area contributed by atoms with E-state index in [0.29, 0.717) is 23.0 Å². The van der Waals surface area contributed by atoms with Crippen LogP contribution in [0.2, 0.25) is 0 Å². The van der Waals surface area contributed by atoms with Gasteiger partial charge in [-0.15, -0.1) is 0 Å². The number of carbonyl (C=O) groups excluding carboxylic acids is 1. The Morgan fingerprint density at radius 3 is 2.50 bits per heavy atom. The van der Waals surface area contributed by atoms with Crippen molar-refractivity contribution in [2.45, 2.75) is 11.8 Å². The predicted molar refractivity (Wildman–Crippen MR) is 92.1 cm³/mol. The summed E-state index contributed by atoms with van der Waals surface area (Å²) in [6.07, 6.45) is 0. The number of sulfonamides is 1. The van der Waals surface area contributed by atoms with Gasteiger partial charge in [0.2, 0.25) is 11.7 Å². The summed E-state index contributed by atoms with van der Waals surface area (Å²) in [5, 5.41) is 3.78. The fourth-order valence-electron chi connectivity index (χ4n) is 2.20. The molecule has 2 aromatic carbocycles. The maximum absolute atomic E-state index is 12.4. The van der Waals surface area contributed by atoms with E-state index >= 15 is 0 Å². The number of ether oxygens (including phenoxy) is 1. The number of nitrogens with zero attached hydrogens (tertiary/aromatic N) is 2. The summed E-state index contributed by atoms with van der Waals surface area (Å²) in [6, 6.07) is 12.0. The molecule has 0 saturated heterocycles. The van der Waals surface area contributed by atoms with Crippen molar-refractivity contribution in [3.63, 3.8) is 0 Å². The lowest BCUT2D eigenvalue weighted by Gasteiger charge is -2.08. The quantitative estimate of drug-likeness (QED) is 0.729. The molecule has 0 fully saturated rings. The number of methoxy groups -OCH3 is 1. The molecular formula is C17H15N3O5S. The third kappa shape index (κ3) is 3.72. The highest BCUT2D eigenvalue weighted by molar-refractivity contribution is 7.90. The van der Waals surface area contributed by atoms with Crippen molar-refractivity contribution in [1.29, 1.82) is 0 Å². The molecule has 0 aliphatic rings. The van der Waals surface area contributed by atoms with E-state index in [9.17, 15) is 13.2 Å². The molecule has 0 unspecified atom stereocenters. The zero-order valence-corrected chi connectivity index (χ0v) is 14.8. The molecule has 8 nitrogen and oxygen atoms in total. The van der Waals surface area contributed by atoms with Gasteiger partial charge in [0, 0.05) is 24.1 Å². The van der Waals surface area contributed by atoms with Crippen molar-refractivity contribution >= 4 is 15.9 Å². The summed E-state index contributed by atoms with van der Waals surface area (Å²) in [6.45, 7) is 1.67. The maximum atomic E-state index is 12.4. The Hall–Kier alpha value is -3.20. The molecule has 0 atom stereocenters. The number of aryl methyl sites for hydroxylation is 1. The van der Waals surface area contributed by atoms with Crippen LogP contribution in [-0.2, 0) is 10.0 Å². The molecule has 3 rings (SSSR count). The number of rotatable bonds is 5. The van der Waals surface area contributed by atoms with E-state index in [4.69, 9.17) is 9.26 Å². The molecule has 0 aliphatic carbocycles. The molecule has 26 heavy (non-hydrogen) atoms. The van der Waals surface area contributed by atoms with E-state index in [1.54, 1.807) is 25.1 Å². The van der Waals surface area contributed by atoms with Crippen LogP contribution in [0.25, 0.3) is 11.4 Å². The Balaban J connectivity index is 1.78. The normalized spacial score (nSPS) is 11.2. The van der Waals surface area contributed by atoms with Gasteiger partial charge in [-0.25, -0.2) is 13.1 Å². The number of benzene rings is 2. The highest BCUT2D eigenvalue weighted by Crippen LogP contribution is 2.19. The predicted octanol–water partition coefficient (Wildman–Crippen LogP) is 2.17. The van der Waals surface area contributed by atoms with Gasteiger partial charge in [-0.1, -0.05) is 23.4 Å². The molecule has 0 saturated carbocycles. The van der Waals surface area contributed by atoms with Crippen molar-refractivity contribution in [2.75, 3.05) is 7.11 Å². The summed E-state index contributed by atoms with van der Waals surface area (Å²) < 4.78 is 36.6. The average Bonchev–Trinajstić information content (AvgIpc) is 3.08. The Labute approximate surface area is 149 Å². The van der Waals surface area contributed by atoms with Crippen LogP contribution in [-0.4, -0.2) is 31.6 Å². The van der Waals surface area contributed by atoms with Crippen LogP contribution in [0.4, 0.5) is 0 Å². The minimum atomic E-state index is -4.02. The summed E-state index contributed by atoms with van der Waals surface area (Å²) in [5.74, 6) is 0.438. The van der Waals surface area contributed by atoms with Gasteiger partial charge in [-0.05, 0) is 24.3 Å². The van der Waals surface area contributed by atoms with Gasteiger partial charge in [0.15, 0.2) is 0 Å². The zero-order chi connectivity index (χ0) is 18.7. The number of hydrogen-bond acceptors (Lipinski definition) is 7. The Bertz CT molecular complexity index is 1040. The molecule has 1 heterocycles. The minimum Gasteiger partial charge on any atom is -0.497 e.